The molecule has 4 heterocycles. The van der Waals surface area contributed by atoms with Gasteiger partial charge in [-0.3, -0.25) is 5.32 Å². The van der Waals surface area contributed by atoms with Gasteiger partial charge in [-0.05, 0) is 56.9 Å². The van der Waals surface area contributed by atoms with Gasteiger partial charge in [0.25, 0.3) is 6.43 Å². The number of urea groups is 1. The number of carbonyl (C=O) groups is 1. The van der Waals surface area contributed by atoms with Crippen molar-refractivity contribution < 1.29 is 13.6 Å². The number of aryl methyl sites for hydroxylation is 1. The van der Waals surface area contributed by atoms with Gasteiger partial charge in [0.1, 0.15) is 10.0 Å². The number of nitrogens with zero attached hydrogens (tertiary/aromatic N) is 5. The fourth-order valence-electron chi connectivity index (χ4n) is 4.76. The van der Waals surface area contributed by atoms with Gasteiger partial charge < -0.3 is 10.2 Å². The predicted molar refractivity (Wildman–Crippen MR) is 118 cm³/mol. The summed E-state index contributed by atoms with van der Waals surface area (Å²) < 4.78 is 25.0. The van der Waals surface area contributed by atoms with Gasteiger partial charge in [-0.25, -0.2) is 13.6 Å². The molecular formula is C21H23F2N7OS. The Balaban J connectivity index is 1.29. The van der Waals surface area contributed by atoms with Gasteiger partial charge in [0.05, 0.1) is 12.1 Å². The smallest absolute Gasteiger partial charge is 0.318 e. The summed E-state index contributed by atoms with van der Waals surface area (Å²) in [7, 11) is 0. The zero-order chi connectivity index (χ0) is 22.2. The third kappa shape index (κ3) is 4.26. The molecule has 2 N–H and O–H groups in total. The lowest BCUT2D eigenvalue weighted by molar-refractivity contribution is 0.115. The minimum Gasteiger partial charge on any atom is -0.318 e. The van der Waals surface area contributed by atoms with Crippen molar-refractivity contribution in [2.75, 3.05) is 11.9 Å². The number of rotatable bonds is 5. The first-order chi connectivity index (χ1) is 15.5. The van der Waals surface area contributed by atoms with Gasteiger partial charge in [-0.1, -0.05) is 11.3 Å². The highest BCUT2D eigenvalue weighted by Gasteiger charge is 2.43. The number of anilines is 1. The molecular weight excluding hydrogens is 436 g/mol. The lowest BCUT2D eigenvalue weighted by Gasteiger charge is -2.39. The predicted octanol–water partition coefficient (Wildman–Crippen LogP) is 3.84. The molecule has 2 saturated heterocycles. The Bertz CT molecular complexity index is 1130. The molecule has 2 amide bonds. The van der Waals surface area contributed by atoms with Crippen LogP contribution < -0.4 is 10.6 Å². The van der Waals surface area contributed by atoms with Crippen LogP contribution in [0.4, 0.5) is 19.4 Å². The van der Waals surface area contributed by atoms with Crippen LogP contribution in [0.15, 0.2) is 24.3 Å². The fraction of sp³-hybridized carbons (Fsp3) is 0.476. The number of aromatic nitrogens is 4. The summed E-state index contributed by atoms with van der Waals surface area (Å²) in [5, 5.41) is 25.0. The number of hydrogen-bond donors (Lipinski definition) is 2. The second kappa shape index (κ2) is 8.62. The van der Waals surface area contributed by atoms with E-state index in [1.54, 1.807) is 6.07 Å². The first-order valence-electron chi connectivity index (χ1n) is 10.6. The topological polar surface area (TPSA) is 95.9 Å². The maximum atomic E-state index is 13.0. The molecule has 2 aromatic heterocycles. The quantitative estimate of drug-likeness (QED) is 0.602. The highest BCUT2D eigenvalue weighted by molar-refractivity contribution is 7.14. The molecule has 0 aliphatic carbocycles. The second-order valence-electron chi connectivity index (χ2n) is 8.32. The number of benzene rings is 1. The third-order valence-corrected chi connectivity index (χ3v) is 7.01. The van der Waals surface area contributed by atoms with Crippen LogP contribution in [0.25, 0.3) is 21.5 Å². The first kappa shape index (κ1) is 21.1. The summed E-state index contributed by atoms with van der Waals surface area (Å²) in [6.07, 6.45) is 0.782. The lowest BCUT2D eigenvalue weighted by atomic mass is 9.97. The standard InChI is InChI=1S/C21H23F2N7OS/c1-11-26-29-20(32-11)12-2-5-17-13(6-12)7-19(28-27-17)25-21(31)30-15-3-4-16(30)9-14(8-15)24-10-18(22)23/h2,5-7,14-16,18,24H,3-4,8-10H2,1H3,(H,25,28,31)/t14-,15+,16?/m1/s1. The molecule has 2 fully saturated rings. The number of halogens is 2. The molecule has 3 atom stereocenters. The fourth-order valence-corrected chi connectivity index (χ4v) is 5.45. The molecule has 11 heteroatoms. The Morgan fingerprint density at radius 2 is 1.94 bits per heavy atom. The van der Waals surface area contributed by atoms with Crippen LogP contribution in [0.1, 0.15) is 30.7 Å². The molecule has 168 valence electrons. The van der Waals surface area contributed by atoms with Crippen LogP contribution in [0, 0.1) is 6.92 Å². The van der Waals surface area contributed by atoms with Gasteiger partial charge in [-0.2, -0.15) is 0 Å². The second-order valence-corrected chi connectivity index (χ2v) is 9.50. The lowest BCUT2D eigenvalue weighted by Crippen LogP contribution is -2.53. The van der Waals surface area contributed by atoms with Crippen molar-refractivity contribution in [3.05, 3.63) is 29.3 Å². The monoisotopic (exact) mass is 459 g/mol. The minimum atomic E-state index is -2.36. The highest BCUT2D eigenvalue weighted by atomic mass is 32.1. The van der Waals surface area contributed by atoms with Crippen LogP contribution in [0.3, 0.4) is 0 Å². The Morgan fingerprint density at radius 3 is 2.62 bits per heavy atom. The van der Waals surface area contributed by atoms with E-state index in [4.69, 9.17) is 0 Å². The van der Waals surface area contributed by atoms with E-state index in [1.807, 2.05) is 30.0 Å². The number of amides is 2. The molecule has 0 saturated carbocycles. The summed E-state index contributed by atoms with van der Waals surface area (Å²) in [5.74, 6) is 0.380. The van der Waals surface area contributed by atoms with E-state index in [9.17, 15) is 13.6 Å². The van der Waals surface area contributed by atoms with Crippen molar-refractivity contribution in [3.8, 4) is 10.6 Å². The Labute approximate surface area is 187 Å². The average molecular weight is 460 g/mol. The van der Waals surface area contributed by atoms with Gasteiger partial charge >= 0.3 is 6.03 Å². The summed E-state index contributed by atoms with van der Waals surface area (Å²) in [4.78, 5) is 14.9. The Hall–Kier alpha value is -2.79. The van der Waals surface area contributed by atoms with Crippen molar-refractivity contribution in [1.29, 1.82) is 0 Å². The molecule has 2 bridgehead atoms. The number of carbonyl (C=O) groups excluding carboxylic acids is 1. The van der Waals surface area contributed by atoms with Crippen LogP contribution in [-0.2, 0) is 0 Å². The molecule has 8 nitrogen and oxygen atoms in total. The van der Waals surface area contributed by atoms with E-state index in [0.29, 0.717) is 18.7 Å². The van der Waals surface area contributed by atoms with E-state index in [1.165, 1.54) is 11.3 Å². The molecule has 1 unspecified atom stereocenters. The van der Waals surface area contributed by atoms with Crippen molar-refractivity contribution >= 4 is 34.1 Å². The molecule has 2 aliphatic heterocycles. The molecule has 3 aromatic rings. The minimum absolute atomic E-state index is 0.0217. The van der Waals surface area contributed by atoms with Crippen molar-refractivity contribution in [1.82, 2.24) is 30.6 Å². The summed E-state index contributed by atoms with van der Waals surface area (Å²) in [5.41, 5.74) is 1.66. The summed E-state index contributed by atoms with van der Waals surface area (Å²) in [6.45, 7) is 1.60. The van der Waals surface area contributed by atoms with E-state index in [0.717, 1.165) is 39.3 Å². The van der Waals surface area contributed by atoms with Crippen LogP contribution >= 0.6 is 11.3 Å². The largest absolute Gasteiger partial charge is 0.323 e. The molecule has 32 heavy (non-hydrogen) atoms. The molecule has 1 aromatic carbocycles. The van der Waals surface area contributed by atoms with Gasteiger partial charge in [-0.15, -0.1) is 20.4 Å². The molecule has 5 rings (SSSR count). The van der Waals surface area contributed by atoms with Gasteiger partial charge in [0, 0.05) is 29.1 Å². The maximum Gasteiger partial charge on any atom is 0.323 e. The van der Waals surface area contributed by atoms with E-state index in [-0.39, 0.29) is 30.7 Å². The molecule has 2 aliphatic rings. The average Bonchev–Trinajstić information content (AvgIpc) is 3.32. The number of alkyl halides is 2. The normalized spacial score (nSPS) is 22.6. The van der Waals surface area contributed by atoms with Gasteiger partial charge in [0.15, 0.2) is 5.82 Å². The third-order valence-electron chi connectivity index (χ3n) is 6.12. The SMILES string of the molecule is Cc1nnc(-c2ccc3nnc(NC(=O)N4C5CC[C@H]4C[C@@H](NCC(F)F)C5)cc3c2)s1. The van der Waals surface area contributed by atoms with E-state index < -0.39 is 6.43 Å². The molecule has 0 spiro atoms. The van der Waals surface area contributed by atoms with Crippen molar-refractivity contribution in [2.24, 2.45) is 0 Å². The van der Waals surface area contributed by atoms with Gasteiger partial charge in [0.2, 0.25) is 0 Å². The zero-order valence-electron chi connectivity index (χ0n) is 17.5. The van der Waals surface area contributed by atoms with Crippen LogP contribution in [-0.4, -0.2) is 62.4 Å². The Morgan fingerprint density at radius 1 is 1.16 bits per heavy atom. The maximum absolute atomic E-state index is 13.0. The Kier molecular flexibility index (Phi) is 5.68. The van der Waals surface area contributed by atoms with Crippen molar-refractivity contribution in [3.63, 3.8) is 0 Å². The number of hydrogen-bond acceptors (Lipinski definition) is 7. The zero-order valence-corrected chi connectivity index (χ0v) is 18.3. The number of piperidine rings is 1. The van der Waals surface area contributed by atoms with E-state index in [2.05, 4.69) is 31.0 Å². The summed E-state index contributed by atoms with van der Waals surface area (Å²) >= 11 is 1.51. The van der Waals surface area contributed by atoms with Crippen molar-refractivity contribution in [2.45, 2.75) is 57.2 Å². The molecule has 0 radical (unpaired) electrons. The number of nitrogens with one attached hydrogen (secondary N) is 2. The highest BCUT2D eigenvalue weighted by Crippen LogP contribution is 2.36. The van der Waals surface area contributed by atoms with E-state index >= 15 is 0 Å². The first-order valence-corrected chi connectivity index (χ1v) is 11.5. The summed E-state index contributed by atoms with van der Waals surface area (Å²) in [6, 6.07) is 7.47. The van der Waals surface area contributed by atoms with Crippen LogP contribution in [0.2, 0.25) is 0 Å². The van der Waals surface area contributed by atoms with Crippen LogP contribution in [0.5, 0.6) is 0 Å². The number of fused-ring (bicyclic) bond motifs is 3.